The van der Waals surface area contributed by atoms with E-state index in [-0.39, 0.29) is 0 Å². The highest BCUT2D eigenvalue weighted by molar-refractivity contribution is 6.16. The molecule has 0 atom stereocenters. The van der Waals surface area contributed by atoms with Crippen LogP contribution in [0.4, 0.5) is 11.4 Å². The zero-order valence-corrected chi connectivity index (χ0v) is 9.04. The Kier molecular flexibility index (Phi) is 1.66. The lowest BCUT2D eigenvalue weighted by atomic mass is 10.1. The van der Waals surface area contributed by atoms with Gasteiger partial charge in [-0.25, -0.2) is 0 Å². The van der Waals surface area contributed by atoms with Crippen LogP contribution in [0.25, 0.3) is 21.8 Å². The van der Waals surface area contributed by atoms with E-state index in [0.717, 1.165) is 38.7 Å². The van der Waals surface area contributed by atoms with Gasteiger partial charge in [0.05, 0.1) is 11.2 Å². The van der Waals surface area contributed by atoms with E-state index < -0.39 is 0 Å². The molecule has 5 N–H and O–H groups in total. The average molecular weight is 211 g/mol. The Morgan fingerprint density at radius 1 is 1.12 bits per heavy atom. The van der Waals surface area contributed by atoms with E-state index in [2.05, 4.69) is 11.1 Å². The van der Waals surface area contributed by atoms with Crippen molar-refractivity contribution in [2.24, 2.45) is 0 Å². The second kappa shape index (κ2) is 2.92. The molecule has 1 heterocycles. The minimum Gasteiger partial charge on any atom is -0.398 e. The Balaban J connectivity index is 2.66. The highest BCUT2D eigenvalue weighted by atomic mass is 14.8. The SMILES string of the molecule is Cc1cc(N)c2[nH]c3ccccc3c2c1N. The van der Waals surface area contributed by atoms with Gasteiger partial charge in [0, 0.05) is 22.0 Å². The van der Waals surface area contributed by atoms with E-state index in [0.29, 0.717) is 0 Å². The lowest BCUT2D eigenvalue weighted by Crippen LogP contribution is -1.94. The number of rotatable bonds is 0. The van der Waals surface area contributed by atoms with Crippen molar-refractivity contribution in [1.29, 1.82) is 0 Å². The number of hydrogen-bond donors (Lipinski definition) is 3. The van der Waals surface area contributed by atoms with Crippen molar-refractivity contribution in [3.63, 3.8) is 0 Å². The van der Waals surface area contributed by atoms with Crippen molar-refractivity contribution >= 4 is 33.2 Å². The van der Waals surface area contributed by atoms with Gasteiger partial charge in [0.25, 0.3) is 0 Å². The number of H-pyrrole nitrogens is 1. The maximum atomic E-state index is 6.12. The molecule has 0 fully saturated rings. The van der Waals surface area contributed by atoms with Crippen molar-refractivity contribution in [1.82, 2.24) is 4.98 Å². The highest BCUT2D eigenvalue weighted by Gasteiger charge is 2.11. The van der Waals surface area contributed by atoms with Crippen molar-refractivity contribution < 1.29 is 0 Å². The second-order valence-corrected chi connectivity index (χ2v) is 4.12. The third-order valence-electron chi connectivity index (χ3n) is 3.06. The minimum absolute atomic E-state index is 0.748. The number of nitrogens with one attached hydrogen (secondary N) is 1. The van der Waals surface area contributed by atoms with Crippen LogP contribution in [-0.4, -0.2) is 4.98 Å². The molecule has 0 spiro atoms. The standard InChI is InChI=1S/C13H13N3/c1-7-6-9(14)13-11(12(7)15)8-4-2-3-5-10(8)16-13/h2-6,16H,14-15H2,1H3. The summed E-state index contributed by atoms with van der Waals surface area (Å²) < 4.78 is 0. The van der Waals surface area contributed by atoms with Crippen LogP contribution in [0.1, 0.15) is 5.56 Å². The Hall–Kier alpha value is -2.16. The Bertz CT molecular complexity index is 695. The number of para-hydroxylation sites is 1. The van der Waals surface area contributed by atoms with Crippen molar-refractivity contribution in [3.05, 3.63) is 35.9 Å². The Morgan fingerprint density at radius 3 is 2.69 bits per heavy atom. The number of aromatic nitrogens is 1. The summed E-state index contributed by atoms with van der Waals surface area (Å²) in [7, 11) is 0. The van der Waals surface area contributed by atoms with Crippen LogP contribution in [-0.2, 0) is 0 Å². The summed E-state index contributed by atoms with van der Waals surface area (Å²) in [6, 6.07) is 10.0. The predicted octanol–water partition coefficient (Wildman–Crippen LogP) is 2.79. The normalized spacial score (nSPS) is 11.3. The third-order valence-corrected chi connectivity index (χ3v) is 3.06. The van der Waals surface area contributed by atoms with Crippen LogP contribution >= 0.6 is 0 Å². The number of hydrogen-bond acceptors (Lipinski definition) is 2. The minimum atomic E-state index is 0.748. The van der Waals surface area contributed by atoms with Gasteiger partial charge in [-0.15, -0.1) is 0 Å². The first-order valence-electron chi connectivity index (χ1n) is 5.23. The van der Waals surface area contributed by atoms with Gasteiger partial charge in [-0.05, 0) is 24.6 Å². The molecule has 0 aliphatic rings. The Labute approximate surface area is 93.0 Å². The van der Waals surface area contributed by atoms with Gasteiger partial charge in [0.15, 0.2) is 0 Å². The molecule has 3 aromatic rings. The summed E-state index contributed by atoms with van der Waals surface area (Å²) in [5, 5.41) is 2.17. The molecule has 3 rings (SSSR count). The quantitative estimate of drug-likeness (QED) is 0.500. The van der Waals surface area contributed by atoms with Gasteiger partial charge in [-0.3, -0.25) is 0 Å². The first-order valence-corrected chi connectivity index (χ1v) is 5.23. The van der Waals surface area contributed by atoms with E-state index in [9.17, 15) is 0 Å². The number of aromatic amines is 1. The highest BCUT2D eigenvalue weighted by Crippen LogP contribution is 2.35. The fourth-order valence-electron chi connectivity index (χ4n) is 2.22. The molecule has 0 saturated heterocycles. The average Bonchev–Trinajstić information content (AvgIpc) is 2.66. The molecular weight excluding hydrogens is 198 g/mol. The van der Waals surface area contributed by atoms with Crippen molar-refractivity contribution in [2.75, 3.05) is 11.5 Å². The fourth-order valence-corrected chi connectivity index (χ4v) is 2.22. The summed E-state index contributed by atoms with van der Waals surface area (Å²) in [6.07, 6.45) is 0. The van der Waals surface area contributed by atoms with Crippen molar-refractivity contribution in [3.8, 4) is 0 Å². The summed E-state index contributed by atoms with van der Waals surface area (Å²) in [5.74, 6) is 0. The van der Waals surface area contributed by atoms with E-state index in [4.69, 9.17) is 11.5 Å². The van der Waals surface area contributed by atoms with Gasteiger partial charge in [0.2, 0.25) is 0 Å². The predicted molar refractivity (Wildman–Crippen MR) is 69.4 cm³/mol. The zero-order valence-electron chi connectivity index (χ0n) is 9.04. The molecule has 0 saturated carbocycles. The van der Waals surface area contributed by atoms with Crippen molar-refractivity contribution in [2.45, 2.75) is 6.92 Å². The van der Waals surface area contributed by atoms with Crippen LogP contribution in [0.15, 0.2) is 30.3 Å². The molecule has 16 heavy (non-hydrogen) atoms. The van der Waals surface area contributed by atoms with Gasteiger partial charge in [0.1, 0.15) is 0 Å². The molecular formula is C13H13N3. The third kappa shape index (κ3) is 1.03. The topological polar surface area (TPSA) is 67.8 Å². The summed E-state index contributed by atoms with van der Waals surface area (Å²) in [6.45, 7) is 1.98. The molecule has 0 aliphatic carbocycles. The summed E-state index contributed by atoms with van der Waals surface area (Å²) in [5.41, 5.74) is 16.7. The Morgan fingerprint density at radius 2 is 1.88 bits per heavy atom. The maximum absolute atomic E-state index is 6.12. The lowest BCUT2D eigenvalue weighted by Gasteiger charge is -2.04. The first kappa shape index (κ1) is 9.09. The van der Waals surface area contributed by atoms with E-state index in [1.54, 1.807) is 0 Å². The molecule has 80 valence electrons. The number of nitrogen functional groups attached to an aromatic ring is 2. The van der Waals surface area contributed by atoms with Gasteiger partial charge >= 0.3 is 0 Å². The van der Waals surface area contributed by atoms with Crippen LogP contribution in [0.5, 0.6) is 0 Å². The first-order chi connectivity index (χ1) is 7.68. The van der Waals surface area contributed by atoms with E-state index in [1.165, 1.54) is 0 Å². The smallest absolute Gasteiger partial charge is 0.0719 e. The molecule has 3 nitrogen and oxygen atoms in total. The molecule has 0 amide bonds. The molecule has 0 aliphatic heterocycles. The fraction of sp³-hybridized carbons (Fsp3) is 0.0769. The molecule has 3 heteroatoms. The second-order valence-electron chi connectivity index (χ2n) is 4.12. The number of fused-ring (bicyclic) bond motifs is 3. The number of benzene rings is 2. The molecule has 2 aromatic carbocycles. The van der Waals surface area contributed by atoms with Gasteiger partial charge in [-0.2, -0.15) is 0 Å². The molecule has 1 aromatic heterocycles. The summed E-state index contributed by atoms with van der Waals surface area (Å²) in [4.78, 5) is 3.31. The van der Waals surface area contributed by atoms with Crippen LogP contribution in [0.3, 0.4) is 0 Å². The number of nitrogens with two attached hydrogens (primary N) is 2. The molecule has 0 unspecified atom stereocenters. The zero-order chi connectivity index (χ0) is 11.3. The van der Waals surface area contributed by atoms with E-state index in [1.807, 2.05) is 31.2 Å². The lowest BCUT2D eigenvalue weighted by molar-refractivity contribution is 1.48. The van der Waals surface area contributed by atoms with Crippen LogP contribution in [0, 0.1) is 6.92 Å². The molecule has 0 bridgehead atoms. The van der Waals surface area contributed by atoms with E-state index >= 15 is 0 Å². The molecule has 0 radical (unpaired) electrons. The number of aryl methyl sites for hydroxylation is 1. The van der Waals surface area contributed by atoms with Gasteiger partial charge in [-0.1, -0.05) is 18.2 Å². The van der Waals surface area contributed by atoms with Gasteiger partial charge < -0.3 is 16.5 Å². The summed E-state index contributed by atoms with van der Waals surface area (Å²) >= 11 is 0. The monoisotopic (exact) mass is 211 g/mol. The maximum Gasteiger partial charge on any atom is 0.0719 e. The van der Waals surface area contributed by atoms with Crippen LogP contribution < -0.4 is 11.5 Å². The number of anilines is 2. The van der Waals surface area contributed by atoms with Crippen LogP contribution in [0.2, 0.25) is 0 Å². The largest absolute Gasteiger partial charge is 0.398 e.